The summed E-state index contributed by atoms with van der Waals surface area (Å²) in [5, 5.41) is 8.94. The lowest BCUT2D eigenvalue weighted by molar-refractivity contribution is 0.0693. The van der Waals surface area contributed by atoms with E-state index < -0.39 is 17.2 Å². The maximum absolute atomic E-state index is 13.7. The van der Waals surface area contributed by atoms with Gasteiger partial charge in [-0.3, -0.25) is 0 Å². The van der Waals surface area contributed by atoms with Gasteiger partial charge in [0.25, 0.3) is 0 Å². The summed E-state index contributed by atoms with van der Waals surface area (Å²) in [4.78, 5) is 10.9. The highest BCUT2D eigenvalue weighted by Crippen LogP contribution is 2.31. The third kappa shape index (κ3) is 2.09. The number of carbonyl (C=O) groups is 1. The van der Waals surface area contributed by atoms with Crippen molar-refractivity contribution in [1.82, 2.24) is 0 Å². The predicted octanol–water partition coefficient (Wildman–Crippen LogP) is 2.40. The molecule has 0 saturated heterocycles. The van der Waals surface area contributed by atoms with Crippen molar-refractivity contribution in [2.75, 3.05) is 5.73 Å². The first-order chi connectivity index (χ1) is 6.75. The fraction of sp³-hybridized carbons (Fsp3) is 0.364. The SMILES string of the molecule is CC(C)(C)c1c(C(=O)O)ccc(N)c1F. The summed E-state index contributed by atoms with van der Waals surface area (Å²) < 4.78 is 13.7. The van der Waals surface area contributed by atoms with E-state index in [2.05, 4.69) is 0 Å². The Kier molecular flexibility index (Phi) is 2.71. The fourth-order valence-corrected chi connectivity index (χ4v) is 1.50. The molecule has 0 aromatic heterocycles. The van der Waals surface area contributed by atoms with Gasteiger partial charge in [-0.1, -0.05) is 20.8 Å². The molecule has 0 atom stereocenters. The average molecular weight is 211 g/mol. The minimum Gasteiger partial charge on any atom is -0.478 e. The lowest BCUT2D eigenvalue weighted by Gasteiger charge is -2.22. The van der Waals surface area contributed by atoms with Crippen molar-refractivity contribution in [1.29, 1.82) is 0 Å². The van der Waals surface area contributed by atoms with Crippen LogP contribution in [0.5, 0.6) is 0 Å². The van der Waals surface area contributed by atoms with Crippen LogP contribution in [0.2, 0.25) is 0 Å². The van der Waals surface area contributed by atoms with Gasteiger partial charge in [0, 0.05) is 5.56 Å². The monoisotopic (exact) mass is 211 g/mol. The molecule has 1 rings (SSSR count). The molecule has 0 aliphatic heterocycles. The molecule has 1 aromatic carbocycles. The summed E-state index contributed by atoms with van der Waals surface area (Å²) in [5.41, 5.74) is 4.92. The Bertz CT molecular complexity index is 408. The number of halogens is 1. The van der Waals surface area contributed by atoms with E-state index in [1.807, 2.05) is 0 Å². The zero-order valence-corrected chi connectivity index (χ0v) is 8.97. The summed E-state index contributed by atoms with van der Waals surface area (Å²) in [7, 11) is 0. The lowest BCUT2D eigenvalue weighted by atomic mass is 9.83. The van der Waals surface area contributed by atoms with Crippen molar-refractivity contribution in [3.8, 4) is 0 Å². The van der Waals surface area contributed by atoms with Crippen molar-refractivity contribution in [2.24, 2.45) is 0 Å². The number of hydrogen-bond acceptors (Lipinski definition) is 2. The molecule has 0 radical (unpaired) electrons. The molecule has 0 aliphatic carbocycles. The van der Waals surface area contributed by atoms with Gasteiger partial charge in [0.15, 0.2) is 5.82 Å². The van der Waals surface area contributed by atoms with Crippen molar-refractivity contribution in [2.45, 2.75) is 26.2 Å². The number of carboxylic acids is 1. The van der Waals surface area contributed by atoms with Gasteiger partial charge in [-0.25, -0.2) is 9.18 Å². The number of nitrogen functional groups attached to an aromatic ring is 1. The van der Waals surface area contributed by atoms with Gasteiger partial charge in [-0.05, 0) is 17.5 Å². The first kappa shape index (κ1) is 11.5. The molecule has 0 fully saturated rings. The summed E-state index contributed by atoms with van der Waals surface area (Å²) in [6.07, 6.45) is 0. The largest absolute Gasteiger partial charge is 0.478 e. The molecule has 0 aliphatic rings. The van der Waals surface area contributed by atoms with Crippen molar-refractivity contribution < 1.29 is 14.3 Å². The van der Waals surface area contributed by atoms with E-state index in [0.29, 0.717) is 0 Å². The van der Waals surface area contributed by atoms with Gasteiger partial charge < -0.3 is 10.8 Å². The van der Waals surface area contributed by atoms with E-state index in [9.17, 15) is 9.18 Å². The van der Waals surface area contributed by atoms with E-state index in [4.69, 9.17) is 10.8 Å². The highest BCUT2D eigenvalue weighted by Gasteiger charge is 2.26. The van der Waals surface area contributed by atoms with E-state index in [1.165, 1.54) is 12.1 Å². The highest BCUT2D eigenvalue weighted by atomic mass is 19.1. The standard InChI is InChI=1S/C11H14FNO2/c1-11(2,3)8-6(10(14)15)4-5-7(13)9(8)12/h4-5H,13H2,1-3H3,(H,14,15). The van der Waals surface area contributed by atoms with Crippen molar-refractivity contribution in [3.05, 3.63) is 29.1 Å². The van der Waals surface area contributed by atoms with Crippen LogP contribution in [0.15, 0.2) is 12.1 Å². The molecule has 0 amide bonds. The minimum absolute atomic E-state index is 0.0232. The third-order valence-electron chi connectivity index (χ3n) is 2.15. The summed E-state index contributed by atoms with van der Waals surface area (Å²) in [5.74, 6) is -1.78. The van der Waals surface area contributed by atoms with Gasteiger partial charge in [0.05, 0.1) is 11.3 Å². The molecular weight excluding hydrogens is 197 g/mol. The molecule has 0 bridgehead atoms. The Morgan fingerprint density at radius 2 is 1.93 bits per heavy atom. The second-order valence-corrected chi connectivity index (χ2v) is 4.45. The Labute approximate surface area is 87.7 Å². The number of rotatable bonds is 1. The first-order valence-corrected chi connectivity index (χ1v) is 4.57. The molecule has 3 N–H and O–H groups in total. The molecule has 15 heavy (non-hydrogen) atoms. The predicted molar refractivity (Wildman–Crippen MR) is 56.5 cm³/mol. The summed E-state index contributed by atoms with van der Waals surface area (Å²) in [6, 6.07) is 2.61. The molecule has 4 heteroatoms. The molecule has 0 unspecified atom stereocenters. The quantitative estimate of drug-likeness (QED) is 0.701. The van der Waals surface area contributed by atoms with E-state index in [-0.39, 0.29) is 16.8 Å². The van der Waals surface area contributed by atoms with Gasteiger partial charge in [-0.15, -0.1) is 0 Å². The average Bonchev–Trinajstić information content (AvgIpc) is 2.06. The topological polar surface area (TPSA) is 63.3 Å². The van der Waals surface area contributed by atoms with Crippen LogP contribution in [0.25, 0.3) is 0 Å². The van der Waals surface area contributed by atoms with Crippen LogP contribution in [0.1, 0.15) is 36.7 Å². The normalized spacial score (nSPS) is 11.5. The zero-order chi connectivity index (χ0) is 11.8. The van der Waals surface area contributed by atoms with Crippen LogP contribution in [0.4, 0.5) is 10.1 Å². The number of hydrogen-bond donors (Lipinski definition) is 2. The maximum Gasteiger partial charge on any atom is 0.336 e. The third-order valence-corrected chi connectivity index (χ3v) is 2.15. The van der Waals surface area contributed by atoms with Gasteiger partial charge in [0.1, 0.15) is 0 Å². The van der Waals surface area contributed by atoms with E-state index >= 15 is 0 Å². The second-order valence-electron chi connectivity index (χ2n) is 4.45. The molecule has 0 heterocycles. The molecular formula is C11H14FNO2. The molecule has 82 valence electrons. The summed E-state index contributed by atoms with van der Waals surface area (Å²) in [6.45, 7) is 5.24. The van der Waals surface area contributed by atoms with Gasteiger partial charge >= 0.3 is 5.97 Å². The summed E-state index contributed by atoms with van der Waals surface area (Å²) >= 11 is 0. The van der Waals surface area contributed by atoms with Crippen LogP contribution >= 0.6 is 0 Å². The number of nitrogens with two attached hydrogens (primary N) is 1. The maximum atomic E-state index is 13.7. The van der Waals surface area contributed by atoms with Crippen LogP contribution in [0, 0.1) is 5.82 Å². The molecule has 0 saturated carbocycles. The van der Waals surface area contributed by atoms with Crippen LogP contribution in [0.3, 0.4) is 0 Å². The molecule has 3 nitrogen and oxygen atoms in total. The number of anilines is 1. The number of carboxylic acid groups (broad SMARTS) is 1. The highest BCUT2D eigenvalue weighted by molar-refractivity contribution is 5.90. The Morgan fingerprint density at radius 3 is 2.33 bits per heavy atom. The Balaban J connectivity index is 3.57. The number of benzene rings is 1. The smallest absolute Gasteiger partial charge is 0.336 e. The zero-order valence-electron chi connectivity index (χ0n) is 8.97. The van der Waals surface area contributed by atoms with E-state index in [0.717, 1.165) is 0 Å². The fourth-order valence-electron chi connectivity index (χ4n) is 1.50. The van der Waals surface area contributed by atoms with Crippen LogP contribution in [-0.2, 0) is 5.41 Å². The minimum atomic E-state index is -1.14. The van der Waals surface area contributed by atoms with E-state index in [1.54, 1.807) is 20.8 Å². The van der Waals surface area contributed by atoms with Crippen LogP contribution < -0.4 is 5.73 Å². The van der Waals surface area contributed by atoms with Gasteiger partial charge in [-0.2, -0.15) is 0 Å². The molecule has 0 spiro atoms. The lowest BCUT2D eigenvalue weighted by Crippen LogP contribution is -2.20. The van der Waals surface area contributed by atoms with Crippen molar-refractivity contribution >= 4 is 11.7 Å². The Hall–Kier alpha value is -1.58. The van der Waals surface area contributed by atoms with Gasteiger partial charge in [0.2, 0.25) is 0 Å². The number of aromatic carboxylic acids is 1. The molecule has 1 aromatic rings. The first-order valence-electron chi connectivity index (χ1n) is 4.57. The second kappa shape index (κ2) is 3.53. The Morgan fingerprint density at radius 1 is 1.40 bits per heavy atom. The van der Waals surface area contributed by atoms with Crippen LogP contribution in [-0.4, -0.2) is 11.1 Å². The van der Waals surface area contributed by atoms with Crippen molar-refractivity contribution in [3.63, 3.8) is 0 Å².